The van der Waals surface area contributed by atoms with Gasteiger partial charge >= 0.3 is 6.03 Å². The summed E-state index contributed by atoms with van der Waals surface area (Å²) in [5.74, 6) is 0.323. The maximum atomic E-state index is 12.8. The molecule has 0 saturated heterocycles. The van der Waals surface area contributed by atoms with Crippen LogP contribution in [0, 0.1) is 5.82 Å². The molecule has 5 nitrogen and oxygen atoms in total. The molecule has 126 valence electrons. The maximum Gasteiger partial charge on any atom is 0.315 e. The van der Waals surface area contributed by atoms with Crippen molar-refractivity contribution in [1.29, 1.82) is 0 Å². The fourth-order valence-electron chi connectivity index (χ4n) is 2.70. The number of urea groups is 1. The second-order valence-electron chi connectivity index (χ2n) is 5.79. The van der Waals surface area contributed by atoms with Gasteiger partial charge in [-0.2, -0.15) is 0 Å². The zero-order chi connectivity index (χ0) is 17.0. The third-order valence-electron chi connectivity index (χ3n) is 4.07. The molecule has 24 heavy (non-hydrogen) atoms. The van der Waals surface area contributed by atoms with Gasteiger partial charge in [0.05, 0.1) is 13.2 Å². The van der Waals surface area contributed by atoms with Gasteiger partial charge in [0.25, 0.3) is 0 Å². The molecule has 0 fully saturated rings. The molecule has 0 radical (unpaired) electrons. The molecule has 1 atom stereocenters. The van der Waals surface area contributed by atoms with Crippen molar-refractivity contribution < 1.29 is 19.0 Å². The Kier molecular flexibility index (Phi) is 4.66. The van der Waals surface area contributed by atoms with E-state index in [1.54, 1.807) is 24.3 Å². The molecular formula is C18H19FN2O3. The van der Waals surface area contributed by atoms with E-state index in [0.717, 1.165) is 5.56 Å². The maximum absolute atomic E-state index is 12.8. The van der Waals surface area contributed by atoms with Gasteiger partial charge < -0.3 is 20.5 Å². The zero-order valence-corrected chi connectivity index (χ0v) is 13.1. The van der Waals surface area contributed by atoms with E-state index in [9.17, 15) is 14.3 Å². The van der Waals surface area contributed by atoms with Crippen LogP contribution in [0.1, 0.15) is 17.5 Å². The minimum absolute atomic E-state index is 0.0859. The van der Waals surface area contributed by atoms with E-state index in [1.165, 1.54) is 12.1 Å². The Morgan fingerprint density at radius 3 is 2.71 bits per heavy atom. The van der Waals surface area contributed by atoms with Gasteiger partial charge in [-0.05, 0) is 23.8 Å². The molecule has 6 heteroatoms. The lowest BCUT2D eigenvalue weighted by Gasteiger charge is -2.34. The summed E-state index contributed by atoms with van der Waals surface area (Å²) in [4.78, 5) is 11.9. The lowest BCUT2D eigenvalue weighted by Crippen LogP contribution is -2.46. The highest BCUT2D eigenvalue weighted by atomic mass is 19.1. The summed E-state index contributed by atoms with van der Waals surface area (Å²) in [6.45, 7) is 0.763. The van der Waals surface area contributed by atoms with Gasteiger partial charge in [0.1, 0.15) is 17.2 Å². The Morgan fingerprint density at radius 1 is 1.17 bits per heavy atom. The first-order chi connectivity index (χ1) is 11.6. The standard InChI is InChI=1S/C18H19FN2O3/c19-14-7-5-13(6-8-14)11-20-17(22)21-12-18(23)9-10-24-16-4-2-1-3-15(16)18/h1-8,23H,9-12H2,(H2,20,21,22)/t18-/m0/s1. The summed E-state index contributed by atoms with van der Waals surface area (Å²) >= 11 is 0. The van der Waals surface area contributed by atoms with Crippen molar-refractivity contribution in [2.75, 3.05) is 13.2 Å². The molecule has 1 heterocycles. The predicted octanol–water partition coefficient (Wildman–Crippen LogP) is 2.30. The number of carbonyl (C=O) groups is 1. The first-order valence-electron chi connectivity index (χ1n) is 7.78. The van der Waals surface area contributed by atoms with Crippen molar-refractivity contribution in [3.05, 3.63) is 65.5 Å². The molecular weight excluding hydrogens is 311 g/mol. The van der Waals surface area contributed by atoms with Crippen LogP contribution in [0.3, 0.4) is 0 Å². The number of ether oxygens (including phenoxy) is 1. The van der Waals surface area contributed by atoms with Gasteiger partial charge in [0, 0.05) is 18.5 Å². The molecule has 1 aliphatic heterocycles. The summed E-state index contributed by atoms with van der Waals surface area (Å²) in [6.07, 6.45) is 0.405. The minimum Gasteiger partial charge on any atom is -0.493 e. The average Bonchev–Trinajstić information content (AvgIpc) is 2.60. The van der Waals surface area contributed by atoms with E-state index in [1.807, 2.05) is 12.1 Å². The molecule has 0 spiro atoms. The number of fused-ring (bicyclic) bond motifs is 1. The number of carbonyl (C=O) groups excluding carboxylic acids is 1. The first kappa shape index (κ1) is 16.3. The van der Waals surface area contributed by atoms with E-state index < -0.39 is 11.6 Å². The van der Waals surface area contributed by atoms with Crippen LogP contribution in [-0.2, 0) is 12.1 Å². The normalized spacial score (nSPS) is 19.1. The van der Waals surface area contributed by atoms with E-state index in [2.05, 4.69) is 10.6 Å². The Hall–Kier alpha value is -2.60. The molecule has 2 aromatic carbocycles. The lowest BCUT2D eigenvalue weighted by atomic mass is 9.88. The van der Waals surface area contributed by atoms with Gasteiger partial charge in [-0.1, -0.05) is 30.3 Å². The van der Waals surface area contributed by atoms with Crippen LogP contribution in [0.2, 0.25) is 0 Å². The molecule has 2 aromatic rings. The van der Waals surface area contributed by atoms with Crippen LogP contribution in [-0.4, -0.2) is 24.3 Å². The molecule has 3 N–H and O–H groups in total. The summed E-state index contributed by atoms with van der Waals surface area (Å²) in [7, 11) is 0. The van der Waals surface area contributed by atoms with Crippen LogP contribution < -0.4 is 15.4 Å². The zero-order valence-electron chi connectivity index (χ0n) is 13.1. The van der Waals surface area contributed by atoms with E-state index in [4.69, 9.17) is 4.74 Å². The summed E-state index contributed by atoms with van der Waals surface area (Å²) in [5, 5.41) is 16.2. The number of benzene rings is 2. The first-order valence-corrected chi connectivity index (χ1v) is 7.78. The topological polar surface area (TPSA) is 70.6 Å². The summed E-state index contributed by atoms with van der Waals surface area (Å²) in [5.41, 5.74) is 0.318. The molecule has 2 amide bonds. The van der Waals surface area contributed by atoms with Crippen LogP contribution in [0.15, 0.2) is 48.5 Å². The van der Waals surface area contributed by atoms with Crippen molar-refractivity contribution in [3.63, 3.8) is 0 Å². The Bertz CT molecular complexity index is 720. The average molecular weight is 330 g/mol. The van der Waals surface area contributed by atoms with Crippen molar-refractivity contribution >= 4 is 6.03 Å². The fourth-order valence-corrected chi connectivity index (χ4v) is 2.70. The molecule has 0 aliphatic carbocycles. The molecule has 3 rings (SSSR count). The SMILES string of the molecule is O=C(NCc1ccc(F)cc1)NC[C@@]1(O)CCOc2ccccc21. The monoisotopic (exact) mass is 330 g/mol. The number of amides is 2. The number of halogens is 1. The van der Waals surface area contributed by atoms with Gasteiger partial charge in [0.15, 0.2) is 0 Å². The lowest BCUT2D eigenvalue weighted by molar-refractivity contribution is 0.0000627. The number of para-hydroxylation sites is 1. The molecule has 0 aromatic heterocycles. The Morgan fingerprint density at radius 2 is 1.92 bits per heavy atom. The van der Waals surface area contributed by atoms with Crippen molar-refractivity contribution in [3.8, 4) is 5.75 Å². The van der Waals surface area contributed by atoms with E-state index in [0.29, 0.717) is 24.3 Å². The second kappa shape index (κ2) is 6.88. The molecule has 0 saturated carbocycles. The van der Waals surface area contributed by atoms with E-state index in [-0.39, 0.29) is 18.9 Å². The van der Waals surface area contributed by atoms with Crippen molar-refractivity contribution in [2.45, 2.75) is 18.6 Å². The summed E-state index contributed by atoms with van der Waals surface area (Å²) in [6, 6.07) is 12.8. The fraction of sp³-hybridized carbons (Fsp3) is 0.278. The highest BCUT2D eigenvalue weighted by molar-refractivity contribution is 5.74. The number of hydrogen-bond donors (Lipinski definition) is 3. The summed E-state index contributed by atoms with van der Waals surface area (Å²) < 4.78 is 18.4. The van der Waals surface area contributed by atoms with Crippen LogP contribution >= 0.6 is 0 Å². The van der Waals surface area contributed by atoms with E-state index >= 15 is 0 Å². The Labute approximate surface area is 139 Å². The minimum atomic E-state index is -1.15. The number of aliphatic hydroxyl groups is 1. The van der Waals surface area contributed by atoms with Gasteiger partial charge in [0.2, 0.25) is 0 Å². The third-order valence-corrected chi connectivity index (χ3v) is 4.07. The highest BCUT2D eigenvalue weighted by Gasteiger charge is 2.35. The van der Waals surface area contributed by atoms with Gasteiger partial charge in [-0.3, -0.25) is 0 Å². The van der Waals surface area contributed by atoms with Crippen LogP contribution in [0.5, 0.6) is 5.75 Å². The van der Waals surface area contributed by atoms with Crippen molar-refractivity contribution in [1.82, 2.24) is 10.6 Å². The Balaban J connectivity index is 1.55. The van der Waals surface area contributed by atoms with Crippen LogP contribution in [0.4, 0.5) is 9.18 Å². The number of rotatable bonds is 4. The molecule has 1 aliphatic rings. The molecule has 0 unspecified atom stereocenters. The number of hydrogen-bond acceptors (Lipinski definition) is 3. The number of nitrogens with one attached hydrogen (secondary N) is 2. The molecule has 0 bridgehead atoms. The van der Waals surface area contributed by atoms with Gasteiger partial charge in [-0.25, -0.2) is 9.18 Å². The second-order valence-corrected chi connectivity index (χ2v) is 5.79. The third kappa shape index (κ3) is 3.65. The predicted molar refractivity (Wildman–Crippen MR) is 87.1 cm³/mol. The van der Waals surface area contributed by atoms with Gasteiger partial charge in [-0.15, -0.1) is 0 Å². The highest BCUT2D eigenvalue weighted by Crippen LogP contribution is 2.36. The van der Waals surface area contributed by atoms with Crippen molar-refractivity contribution in [2.24, 2.45) is 0 Å². The largest absolute Gasteiger partial charge is 0.493 e. The smallest absolute Gasteiger partial charge is 0.315 e. The van der Waals surface area contributed by atoms with Crippen LogP contribution in [0.25, 0.3) is 0 Å². The quantitative estimate of drug-likeness (QED) is 0.805.